The van der Waals surface area contributed by atoms with Crippen LogP contribution in [-0.4, -0.2) is 34.8 Å². The van der Waals surface area contributed by atoms with Crippen LogP contribution in [0.1, 0.15) is 26.2 Å². The zero-order valence-electron chi connectivity index (χ0n) is 9.93. The first-order valence-corrected chi connectivity index (χ1v) is 6.15. The molecule has 0 aromatic carbocycles. The zero-order chi connectivity index (χ0) is 11.2. The summed E-state index contributed by atoms with van der Waals surface area (Å²) in [5.41, 5.74) is 0. The Morgan fingerprint density at radius 2 is 2.44 bits per heavy atom. The average Bonchev–Trinajstić information content (AvgIpc) is 2.80. The van der Waals surface area contributed by atoms with E-state index in [1.54, 1.807) is 0 Å². The van der Waals surface area contributed by atoms with Gasteiger partial charge >= 0.3 is 0 Å². The smallest absolute Gasteiger partial charge is 0.0945 e. The number of nitrogens with zero attached hydrogens (tertiary/aromatic N) is 2. The van der Waals surface area contributed by atoms with Crippen LogP contribution in [0.5, 0.6) is 0 Å². The second kappa shape index (κ2) is 6.01. The lowest BCUT2D eigenvalue weighted by Crippen LogP contribution is -2.41. The first kappa shape index (κ1) is 11.6. The Bertz CT molecular complexity index is 278. The van der Waals surface area contributed by atoms with E-state index < -0.39 is 0 Å². The Hall–Kier alpha value is -0.870. The maximum atomic E-state index is 5.83. The van der Waals surface area contributed by atoms with Gasteiger partial charge < -0.3 is 14.6 Å². The van der Waals surface area contributed by atoms with Gasteiger partial charge in [0.05, 0.1) is 12.4 Å². The normalized spacial score (nSPS) is 25.8. The summed E-state index contributed by atoms with van der Waals surface area (Å²) < 4.78 is 7.92. The molecule has 0 saturated carbocycles. The number of aryl methyl sites for hydroxylation is 1. The van der Waals surface area contributed by atoms with Crippen molar-refractivity contribution in [2.24, 2.45) is 0 Å². The van der Waals surface area contributed by atoms with Gasteiger partial charge in [-0.05, 0) is 26.2 Å². The van der Waals surface area contributed by atoms with Crippen molar-refractivity contribution in [2.75, 3.05) is 13.2 Å². The Labute approximate surface area is 97.0 Å². The SMILES string of the molecule is CC1CCC(OCCCn2ccnc2)CN1. The van der Waals surface area contributed by atoms with Gasteiger partial charge in [-0.3, -0.25) is 0 Å². The number of hydrogen-bond donors (Lipinski definition) is 1. The lowest BCUT2D eigenvalue weighted by atomic mass is 10.0. The predicted octanol–water partition coefficient (Wildman–Crippen LogP) is 1.43. The Kier molecular flexibility index (Phi) is 4.36. The molecule has 0 radical (unpaired) electrons. The molecule has 4 nitrogen and oxygen atoms in total. The Morgan fingerprint density at radius 1 is 1.50 bits per heavy atom. The van der Waals surface area contributed by atoms with Gasteiger partial charge in [-0.15, -0.1) is 0 Å². The summed E-state index contributed by atoms with van der Waals surface area (Å²) in [6, 6.07) is 0.658. The molecular formula is C12H21N3O. The molecule has 0 bridgehead atoms. The maximum absolute atomic E-state index is 5.83. The molecule has 2 heterocycles. The van der Waals surface area contributed by atoms with Crippen molar-refractivity contribution in [1.82, 2.24) is 14.9 Å². The van der Waals surface area contributed by atoms with Crippen molar-refractivity contribution >= 4 is 0 Å². The quantitative estimate of drug-likeness (QED) is 0.768. The molecule has 1 saturated heterocycles. The molecule has 2 atom stereocenters. The zero-order valence-corrected chi connectivity index (χ0v) is 9.93. The molecule has 1 aliphatic rings. The van der Waals surface area contributed by atoms with E-state index in [0.717, 1.165) is 26.1 Å². The van der Waals surface area contributed by atoms with E-state index in [4.69, 9.17) is 4.74 Å². The minimum atomic E-state index is 0.416. The number of piperidine rings is 1. The highest BCUT2D eigenvalue weighted by molar-refractivity contribution is 4.75. The molecule has 2 unspecified atom stereocenters. The first-order valence-electron chi connectivity index (χ1n) is 6.15. The third kappa shape index (κ3) is 3.61. The number of rotatable bonds is 5. The van der Waals surface area contributed by atoms with Crippen LogP contribution < -0.4 is 5.32 Å². The van der Waals surface area contributed by atoms with Crippen LogP contribution in [0.15, 0.2) is 18.7 Å². The minimum Gasteiger partial charge on any atom is -0.377 e. The molecule has 1 aromatic rings. The lowest BCUT2D eigenvalue weighted by Gasteiger charge is -2.27. The Morgan fingerprint density at radius 3 is 3.12 bits per heavy atom. The largest absolute Gasteiger partial charge is 0.377 e. The van der Waals surface area contributed by atoms with Gasteiger partial charge in [0.25, 0.3) is 0 Å². The van der Waals surface area contributed by atoms with E-state index in [9.17, 15) is 0 Å². The van der Waals surface area contributed by atoms with E-state index in [-0.39, 0.29) is 0 Å². The molecule has 4 heteroatoms. The van der Waals surface area contributed by atoms with Crippen LogP contribution in [0.25, 0.3) is 0 Å². The van der Waals surface area contributed by atoms with Crippen LogP contribution in [0.4, 0.5) is 0 Å². The van der Waals surface area contributed by atoms with Gasteiger partial charge in [0.2, 0.25) is 0 Å². The van der Waals surface area contributed by atoms with Crippen LogP contribution in [0.3, 0.4) is 0 Å². The van der Waals surface area contributed by atoms with Crippen LogP contribution in [0.2, 0.25) is 0 Å². The summed E-state index contributed by atoms with van der Waals surface area (Å²) in [5, 5.41) is 3.45. The summed E-state index contributed by atoms with van der Waals surface area (Å²) in [6.45, 7) is 5.08. The fourth-order valence-electron chi connectivity index (χ4n) is 2.03. The molecule has 1 N–H and O–H groups in total. The maximum Gasteiger partial charge on any atom is 0.0945 e. The second-order valence-corrected chi connectivity index (χ2v) is 4.53. The van der Waals surface area contributed by atoms with Gasteiger partial charge in [0.1, 0.15) is 0 Å². The topological polar surface area (TPSA) is 39.1 Å². The van der Waals surface area contributed by atoms with Gasteiger partial charge in [0, 0.05) is 38.1 Å². The minimum absolute atomic E-state index is 0.416. The molecule has 1 aliphatic heterocycles. The monoisotopic (exact) mass is 223 g/mol. The molecule has 16 heavy (non-hydrogen) atoms. The highest BCUT2D eigenvalue weighted by Crippen LogP contribution is 2.10. The second-order valence-electron chi connectivity index (χ2n) is 4.53. The molecule has 1 fully saturated rings. The summed E-state index contributed by atoms with van der Waals surface area (Å²) in [7, 11) is 0. The number of nitrogens with one attached hydrogen (secondary N) is 1. The molecule has 1 aromatic heterocycles. The average molecular weight is 223 g/mol. The third-order valence-corrected chi connectivity index (χ3v) is 3.09. The molecule has 0 aliphatic carbocycles. The van der Waals surface area contributed by atoms with E-state index >= 15 is 0 Å². The van der Waals surface area contributed by atoms with Crippen molar-refractivity contribution < 1.29 is 4.74 Å². The van der Waals surface area contributed by atoms with E-state index in [1.165, 1.54) is 12.8 Å². The summed E-state index contributed by atoms with van der Waals surface area (Å²) >= 11 is 0. The van der Waals surface area contributed by atoms with E-state index in [1.807, 2.05) is 18.7 Å². The van der Waals surface area contributed by atoms with E-state index in [0.29, 0.717) is 12.1 Å². The van der Waals surface area contributed by atoms with E-state index in [2.05, 4.69) is 21.8 Å². The third-order valence-electron chi connectivity index (χ3n) is 3.09. The first-order chi connectivity index (χ1) is 7.84. The predicted molar refractivity (Wildman–Crippen MR) is 63.3 cm³/mol. The van der Waals surface area contributed by atoms with Crippen LogP contribution >= 0.6 is 0 Å². The standard InChI is InChI=1S/C12H21N3O/c1-11-3-4-12(9-14-11)16-8-2-6-15-7-5-13-10-15/h5,7,10-12,14H,2-4,6,8-9H2,1H3. The number of aromatic nitrogens is 2. The molecule has 0 amide bonds. The number of hydrogen-bond acceptors (Lipinski definition) is 3. The van der Waals surface area contributed by atoms with Crippen molar-refractivity contribution in [3.05, 3.63) is 18.7 Å². The highest BCUT2D eigenvalue weighted by Gasteiger charge is 2.17. The van der Waals surface area contributed by atoms with Gasteiger partial charge in [-0.2, -0.15) is 0 Å². The summed E-state index contributed by atoms with van der Waals surface area (Å²) in [6.07, 6.45) is 9.55. The Balaban J connectivity index is 1.55. The molecule has 0 spiro atoms. The van der Waals surface area contributed by atoms with Gasteiger partial charge in [-0.25, -0.2) is 4.98 Å². The molecule has 90 valence electrons. The van der Waals surface area contributed by atoms with Crippen LogP contribution in [0, 0.1) is 0 Å². The van der Waals surface area contributed by atoms with Crippen molar-refractivity contribution in [2.45, 2.75) is 44.9 Å². The van der Waals surface area contributed by atoms with Crippen molar-refractivity contribution in [3.8, 4) is 0 Å². The van der Waals surface area contributed by atoms with Gasteiger partial charge in [0.15, 0.2) is 0 Å². The van der Waals surface area contributed by atoms with Crippen molar-refractivity contribution in [3.63, 3.8) is 0 Å². The summed E-state index contributed by atoms with van der Waals surface area (Å²) in [4.78, 5) is 4.01. The molecule has 2 rings (SSSR count). The lowest BCUT2D eigenvalue weighted by molar-refractivity contribution is 0.0280. The fourth-order valence-corrected chi connectivity index (χ4v) is 2.03. The number of imidazole rings is 1. The summed E-state index contributed by atoms with van der Waals surface area (Å²) in [5.74, 6) is 0. The number of ether oxygens (including phenoxy) is 1. The van der Waals surface area contributed by atoms with Crippen LogP contribution in [-0.2, 0) is 11.3 Å². The molecular weight excluding hydrogens is 202 g/mol. The van der Waals surface area contributed by atoms with Crippen molar-refractivity contribution in [1.29, 1.82) is 0 Å². The highest BCUT2D eigenvalue weighted by atomic mass is 16.5. The van der Waals surface area contributed by atoms with Gasteiger partial charge in [-0.1, -0.05) is 0 Å². The fraction of sp³-hybridized carbons (Fsp3) is 0.750.